The van der Waals surface area contributed by atoms with Gasteiger partial charge in [0, 0.05) is 13.0 Å². The van der Waals surface area contributed by atoms with E-state index in [2.05, 4.69) is 5.32 Å². The molecule has 0 aliphatic carbocycles. The lowest BCUT2D eigenvalue weighted by Gasteiger charge is -2.17. The van der Waals surface area contributed by atoms with E-state index in [4.69, 9.17) is 9.47 Å². The third-order valence-corrected chi connectivity index (χ3v) is 4.27. The molecule has 0 aromatic heterocycles. The van der Waals surface area contributed by atoms with Crippen molar-refractivity contribution in [3.05, 3.63) is 70.5 Å². The topological polar surface area (TPSA) is 84.9 Å². The molecule has 0 radical (unpaired) electrons. The quantitative estimate of drug-likeness (QED) is 0.534. The summed E-state index contributed by atoms with van der Waals surface area (Å²) >= 11 is 0. The SMILES string of the molecule is CC(C)OC(Cc1cccc(CNC(=O)OCc2ccc(F)c(C(F)(F)F)c2)c1)C(=O)O. The van der Waals surface area contributed by atoms with Crippen molar-refractivity contribution in [2.75, 3.05) is 0 Å². The number of nitrogens with one attached hydrogen (secondary N) is 1. The van der Waals surface area contributed by atoms with Gasteiger partial charge in [0.25, 0.3) is 0 Å². The van der Waals surface area contributed by atoms with Gasteiger partial charge in [-0.05, 0) is 42.7 Å². The molecule has 1 unspecified atom stereocenters. The Balaban J connectivity index is 1.91. The van der Waals surface area contributed by atoms with Crippen LogP contribution >= 0.6 is 0 Å². The third-order valence-electron chi connectivity index (χ3n) is 4.27. The first-order chi connectivity index (χ1) is 15.0. The molecule has 174 valence electrons. The molecule has 0 heterocycles. The summed E-state index contributed by atoms with van der Waals surface area (Å²) < 4.78 is 61.8. The van der Waals surface area contributed by atoms with Crippen molar-refractivity contribution in [2.24, 2.45) is 0 Å². The van der Waals surface area contributed by atoms with Crippen LogP contribution in [0.15, 0.2) is 42.5 Å². The molecule has 2 aromatic rings. The van der Waals surface area contributed by atoms with Gasteiger partial charge in [-0.25, -0.2) is 14.0 Å². The zero-order chi connectivity index (χ0) is 23.9. The maximum absolute atomic E-state index is 13.3. The number of carboxylic acids is 1. The predicted molar refractivity (Wildman–Crippen MR) is 106 cm³/mol. The van der Waals surface area contributed by atoms with E-state index in [1.807, 2.05) is 0 Å². The Hall–Kier alpha value is -3.14. The second-order valence-corrected chi connectivity index (χ2v) is 7.28. The molecule has 0 aliphatic heterocycles. The van der Waals surface area contributed by atoms with E-state index >= 15 is 0 Å². The molecule has 1 atom stereocenters. The van der Waals surface area contributed by atoms with E-state index in [1.54, 1.807) is 38.1 Å². The molecular weight excluding hydrogens is 434 g/mol. The van der Waals surface area contributed by atoms with Crippen LogP contribution < -0.4 is 5.32 Å². The third kappa shape index (κ3) is 7.84. The predicted octanol–water partition coefficient (Wildman–Crippen LogP) is 4.69. The molecule has 0 fully saturated rings. The first-order valence-corrected chi connectivity index (χ1v) is 9.68. The minimum absolute atomic E-state index is 0.0132. The number of rotatable bonds is 9. The van der Waals surface area contributed by atoms with Crippen molar-refractivity contribution >= 4 is 12.1 Å². The monoisotopic (exact) mass is 457 g/mol. The minimum atomic E-state index is -4.85. The van der Waals surface area contributed by atoms with Gasteiger partial charge in [-0.15, -0.1) is 0 Å². The van der Waals surface area contributed by atoms with Gasteiger partial charge >= 0.3 is 18.2 Å². The first kappa shape index (κ1) is 25.1. The Morgan fingerprint density at radius 1 is 1.06 bits per heavy atom. The van der Waals surface area contributed by atoms with Gasteiger partial charge in [-0.1, -0.05) is 30.3 Å². The van der Waals surface area contributed by atoms with Crippen LogP contribution in [0.3, 0.4) is 0 Å². The number of alkyl carbamates (subject to hydrolysis) is 1. The van der Waals surface area contributed by atoms with Gasteiger partial charge in [-0.2, -0.15) is 13.2 Å². The number of carboxylic acid groups (broad SMARTS) is 1. The van der Waals surface area contributed by atoms with Crippen LogP contribution in [-0.2, 0) is 40.0 Å². The highest BCUT2D eigenvalue weighted by Gasteiger charge is 2.34. The second-order valence-electron chi connectivity index (χ2n) is 7.28. The smallest absolute Gasteiger partial charge is 0.419 e. The lowest BCUT2D eigenvalue weighted by Crippen LogP contribution is -2.29. The summed E-state index contributed by atoms with van der Waals surface area (Å²) in [6.45, 7) is 3.05. The number of halogens is 4. The van der Waals surface area contributed by atoms with Crippen molar-refractivity contribution in [1.82, 2.24) is 5.32 Å². The van der Waals surface area contributed by atoms with Crippen LogP contribution in [0, 0.1) is 5.82 Å². The maximum atomic E-state index is 13.3. The lowest BCUT2D eigenvalue weighted by molar-refractivity contribution is -0.153. The summed E-state index contributed by atoms with van der Waals surface area (Å²) in [6, 6.07) is 9.19. The summed E-state index contributed by atoms with van der Waals surface area (Å²) in [5, 5.41) is 11.7. The summed E-state index contributed by atoms with van der Waals surface area (Å²) in [7, 11) is 0. The average molecular weight is 457 g/mol. The molecule has 0 bridgehead atoms. The van der Waals surface area contributed by atoms with Crippen LogP contribution in [0.5, 0.6) is 0 Å². The van der Waals surface area contributed by atoms with E-state index in [0.29, 0.717) is 23.3 Å². The summed E-state index contributed by atoms with van der Waals surface area (Å²) in [5.41, 5.74) is -0.0938. The Kier molecular flexibility index (Phi) is 8.59. The molecule has 32 heavy (non-hydrogen) atoms. The normalized spacial score (nSPS) is 12.5. The van der Waals surface area contributed by atoms with Crippen LogP contribution in [0.1, 0.15) is 36.1 Å². The summed E-state index contributed by atoms with van der Waals surface area (Å²) in [6.07, 6.45) is -6.87. The van der Waals surface area contributed by atoms with Gasteiger partial charge < -0.3 is 19.9 Å². The molecule has 0 saturated heterocycles. The van der Waals surface area contributed by atoms with Crippen molar-refractivity contribution in [3.63, 3.8) is 0 Å². The van der Waals surface area contributed by atoms with Crippen molar-refractivity contribution in [3.8, 4) is 0 Å². The minimum Gasteiger partial charge on any atom is -0.479 e. The number of aliphatic carboxylic acids is 1. The zero-order valence-corrected chi connectivity index (χ0v) is 17.4. The highest BCUT2D eigenvalue weighted by atomic mass is 19.4. The molecule has 10 heteroatoms. The standard InChI is InChI=1S/C22H23F4NO5/c1-13(2)32-19(20(28)29)10-14-4-3-5-15(8-14)11-27-21(30)31-12-16-6-7-18(23)17(9-16)22(24,25)26/h3-9,13,19H,10-12H2,1-2H3,(H,27,30)(H,28,29). The molecule has 0 spiro atoms. The van der Waals surface area contributed by atoms with Gasteiger partial charge in [0.1, 0.15) is 12.4 Å². The highest BCUT2D eigenvalue weighted by molar-refractivity contribution is 5.72. The number of carbonyl (C=O) groups is 2. The number of amides is 1. The molecule has 0 aliphatic rings. The molecule has 0 saturated carbocycles. The fraction of sp³-hybridized carbons (Fsp3) is 0.364. The van der Waals surface area contributed by atoms with Crippen molar-refractivity contribution in [1.29, 1.82) is 0 Å². The fourth-order valence-electron chi connectivity index (χ4n) is 2.86. The Morgan fingerprint density at radius 2 is 1.75 bits per heavy atom. The van der Waals surface area contributed by atoms with Crippen molar-refractivity contribution < 1.29 is 41.7 Å². The number of ether oxygens (including phenoxy) is 2. The number of hydrogen-bond donors (Lipinski definition) is 2. The van der Waals surface area contributed by atoms with Crippen LogP contribution in [0.25, 0.3) is 0 Å². The molecule has 6 nitrogen and oxygen atoms in total. The lowest BCUT2D eigenvalue weighted by atomic mass is 10.0. The van der Waals surface area contributed by atoms with Gasteiger partial charge in [0.05, 0.1) is 11.7 Å². The molecule has 2 N–H and O–H groups in total. The van der Waals surface area contributed by atoms with Gasteiger partial charge in [0.2, 0.25) is 0 Å². The van der Waals surface area contributed by atoms with E-state index in [9.17, 15) is 32.3 Å². The fourth-order valence-corrected chi connectivity index (χ4v) is 2.86. The average Bonchev–Trinajstić information content (AvgIpc) is 2.70. The van der Waals surface area contributed by atoms with Gasteiger partial charge in [-0.3, -0.25) is 0 Å². The Morgan fingerprint density at radius 3 is 2.38 bits per heavy atom. The van der Waals surface area contributed by atoms with E-state index in [1.165, 1.54) is 0 Å². The Labute approximate surface area is 182 Å². The molecule has 2 aromatic carbocycles. The number of hydrogen-bond acceptors (Lipinski definition) is 4. The number of alkyl halides is 3. The van der Waals surface area contributed by atoms with E-state index in [0.717, 1.165) is 6.07 Å². The molecule has 2 rings (SSSR count). The largest absolute Gasteiger partial charge is 0.479 e. The second kappa shape index (κ2) is 10.9. The van der Waals surface area contributed by atoms with E-state index < -0.39 is 42.3 Å². The van der Waals surface area contributed by atoms with Crippen LogP contribution in [0.2, 0.25) is 0 Å². The molecular formula is C22H23F4NO5. The van der Waals surface area contributed by atoms with Gasteiger partial charge in [0.15, 0.2) is 6.10 Å². The van der Waals surface area contributed by atoms with E-state index in [-0.39, 0.29) is 24.6 Å². The number of benzene rings is 2. The number of carbonyl (C=O) groups excluding carboxylic acids is 1. The van der Waals surface area contributed by atoms with Crippen LogP contribution in [-0.4, -0.2) is 29.4 Å². The zero-order valence-electron chi connectivity index (χ0n) is 17.4. The summed E-state index contributed by atoms with van der Waals surface area (Å²) in [4.78, 5) is 23.2. The summed E-state index contributed by atoms with van der Waals surface area (Å²) in [5.74, 6) is -2.49. The maximum Gasteiger partial charge on any atom is 0.419 e. The molecule has 1 amide bonds. The van der Waals surface area contributed by atoms with Crippen LogP contribution in [0.4, 0.5) is 22.4 Å². The first-order valence-electron chi connectivity index (χ1n) is 9.68. The highest BCUT2D eigenvalue weighted by Crippen LogP contribution is 2.32. The van der Waals surface area contributed by atoms with Crippen molar-refractivity contribution in [2.45, 2.75) is 51.8 Å². The Bertz CT molecular complexity index is 946.